The summed E-state index contributed by atoms with van der Waals surface area (Å²) in [5.41, 5.74) is 2.45. The molecule has 1 aromatic carbocycles. The Bertz CT molecular complexity index is 912. The highest BCUT2D eigenvalue weighted by molar-refractivity contribution is 7.17. The lowest BCUT2D eigenvalue weighted by molar-refractivity contribution is 0.0827. The Morgan fingerprint density at radius 3 is 2.57 bits per heavy atom. The summed E-state index contributed by atoms with van der Waals surface area (Å²) in [5, 5.41) is 4.13. The molecule has 2 amide bonds. The third-order valence-electron chi connectivity index (χ3n) is 5.42. The van der Waals surface area contributed by atoms with Crippen molar-refractivity contribution in [1.29, 1.82) is 0 Å². The molecule has 6 heteroatoms. The first-order valence-electron chi connectivity index (χ1n) is 9.51. The molecule has 1 atom stereocenters. The molecular weight excluding hydrogens is 392 g/mol. The highest BCUT2D eigenvalue weighted by Crippen LogP contribution is 2.44. The average Bonchev–Trinajstić information content (AvgIpc) is 2.97. The maximum atomic E-state index is 12.9. The average molecular weight is 419 g/mol. The molecule has 0 aliphatic heterocycles. The molecular formula is C22H27ClN2O2S. The van der Waals surface area contributed by atoms with Crippen molar-refractivity contribution in [3.8, 4) is 0 Å². The Hall–Kier alpha value is -1.85. The summed E-state index contributed by atoms with van der Waals surface area (Å²) in [6.07, 6.45) is 2.88. The topological polar surface area (TPSA) is 49.4 Å². The van der Waals surface area contributed by atoms with Gasteiger partial charge in [-0.25, -0.2) is 0 Å². The van der Waals surface area contributed by atoms with Crippen molar-refractivity contribution in [2.24, 2.45) is 11.3 Å². The Labute approximate surface area is 175 Å². The summed E-state index contributed by atoms with van der Waals surface area (Å²) < 4.78 is 0. The number of nitrogens with zero attached hydrogens (tertiary/aromatic N) is 1. The maximum absolute atomic E-state index is 12.9. The first-order chi connectivity index (χ1) is 13.1. The quantitative estimate of drug-likeness (QED) is 0.714. The molecule has 1 heterocycles. The van der Waals surface area contributed by atoms with Crippen LogP contribution in [-0.4, -0.2) is 30.8 Å². The van der Waals surface area contributed by atoms with E-state index in [2.05, 4.69) is 26.1 Å². The van der Waals surface area contributed by atoms with Crippen molar-refractivity contribution in [2.75, 3.05) is 19.4 Å². The Kier molecular flexibility index (Phi) is 5.87. The van der Waals surface area contributed by atoms with Crippen LogP contribution in [0.25, 0.3) is 0 Å². The second kappa shape index (κ2) is 7.88. The van der Waals surface area contributed by atoms with E-state index in [-0.39, 0.29) is 17.2 Å². The SMILES string of the molecule is CN(C)C(=O)c1c(NC(=O)c2cccc(Cl)c2)sc2c1CC[C@H](C(C)(C)C)C2. The van der Waals surface area contributed by atoms with E-state index < -0.39 is 0 Å². The second-order valence-corrected chi connectivity index (χ2v) is 10.2. The molecule has 0 saturated carbocycles. The van der Waals surface area contributed by atoms with E-state index in [1.165, 1.54) is 4.88 Å². The molecule has 0 radical (unpaired) electrons. The summed E-state index contributed by atoms with van der Waals surface area (Å²) in [7, 11) is 3.49. The number of halogens is 1. The minimum Gasteiger partial charge on any atom is -0.345 e. The van der Waals surface area contributed by atoms with Gasteiger partial charge in [0.05, 0.1) is 5.56 Å². The minimum atomic E-state index is -0.249. The largest absolute Gasteiger partial charge is 0.345 e. The van der Waals surface area contributed by atoms with Crippen LogP contribution in [0, 0.1) is 11.3 Å². The fourth-order valence-electron chi connectivity index (χ4n) is 3.67. The van der Waals surface area contributed by atoms with E-state index in [0.29, 0.717) is 27.1 Å². The zero-order valence-corrected chi connectivity index (χ0v) is 18.6. The van der Waals surface area contributed by atoms with Gasteiger partial charge in [0.1, 0.15) is 5.00 Å². The van der Waals surface area contributed by atoms with Crippen LogP contribution in [-0.2, 0) is 12.8 Å². The van der Waals surface area contributed by atoms with Crippen LogP contribution in [0.4, 0.5) is 5.00 Å². The van der Waals surface area contributed by atoms with E-state index in [9.17, 15) is 9.59 Å². The monoisotopic (exact) mass is 418 g/mol. The Balaban J connectivity index is 1.97. The molecule has 1 aliphatic rings. The lowest BCUT2D eigenvalue weighted by Crippen LogP contribution is -2.28. The number of nitrogens with one attached hydrogen (secondary N) is 1. The molecule has 28 heavy (non-hydrogen) atoms. The number of rotatable bonds is 3. The summed E-state index contributed by atoms with van der Waals surface area (Å²) in [6.45, 7) is 6.80. The van der Waals surface area contributed by atoms with Gasteiger partial charge in [0.15, 0.2) is 0 Å². The first kappa shape index (κ1) is 20.9. The summed E-state index contributed by atoms with van der Waals surface area (Å²) in [4.78, 5) is 28.5. The Morgan fingerprint density at radius 1 is 1.25 bits per heavy atom. The molecule has 1 aromatic heterocycles. The van der Waals surface area contributed by atoms with Crippen LogP contribution >= 0.6 is 22.9 Å². The van der Waals surface area contributed by atoms with Crippen LogP contribution in [0.5, 0.6) is 0 Å². The fraction of sp³-hybridized carbons (Fsp3) is 0.455. The smallest absolute Gasteiger partial charge is 0.256 e. The van der Waals surface area contributed by atoms with Gasteiger partial charge < -0.3 is 10.2 Å². The predicted molar refractivity (Wildman–Crippen MR) is 117 cm³/mol. The van der Waals surface area contributed by atoms with Gasteiger partial charge in [0, 0.05) is 29.6 Å². The molecule has 2 aromatic rings. The third-order valence-corrected chi connectivity index (χ3v) is 6.83. The molecule has 1 N–H and O–H groups in total. The zero-order valence-electron chi connectivity index (χ0n) is 17.1. The number of fused-ring (bicyclic) bond motifs is 1. The number of thiophene rings is 1. The van der Waals surface area contributed by atoms with E-state index in [1.54, 1.807) is 54.6 Å². The number of amides is 2. The van der Waals surface area contributed by atoms with Gasteiger partial charge in [0.25, 0.3) is 11.8 Å². The Morgan fingerprint density at radius 2 is 1.96 bits per heavy atom. The molecule has 4 nitrogen and oxygen atoms in total. The maximum Gasteiger partial charge on any atom is 0.256 e. The number of carbonyl (C=O) groups excluding carboxylic acids is 2. The van der Waals surface area contributed by atoms with Crippen molar-refractivity contribution in [2.45, 2.75) is 40.0 Å². The van der Waals surface area contributed by atoms with Crippen molar-refractivity contribution in [3.05, 3.63) is 50.9 Å². The van der Waals surface area contributed by atoms with Gasteiger partial charge in [-0.1, -0.05) is 38.4 Å². The fourth-order valence-corrected chi connectivity index (χ4v) is 5.17. The number of anilines is 1. The highest BCUT2D eigenvalue weighted by Gasteiger charge is 2.34. The number of hydrogen-bond donors (Lipinski definition) is 1. The van der Waals surface area contributed by atoms with Gasteiger partial charge in [-0.3, -0.25) is 9.59 Å². The van der Waals surface area contributed by atoms with Gasteiger partial charge in [-0.15, -0.1) is 11.3 Å². The lowest BCUT2D eigenvalue weighted by atomic mass is 9.72. The number of carbonyl (C=O) groups is 2. The normalized spacial score (nSPS) is 16.4. The molecule has 0 bridgehead atoms. The van der Waals surface area contributed by atoms with Crippen LogP contribution in [0.3, 0.4) is 0 Å². The van der Waals surface area contributed by atoms with Gasteiger partial charge >= 0.3 is 0 Å². The van der Waals surface area contributed by atoms with Crippen molar-refractivity contribution >= 4 is 39.8 Å². The molecule has 0 spiro atoms. The first-order valence-corrected chi connectivity index (χ1v) is 10.7. The molecule has 3 rings (SSSR count). The predicted octanol–water partition coefficient (Wildman–Crippen LogP) is 5.51. The third kappa shape index (κ3) is 4.26. The molecule has 1 aliphatic carbocycles. The van der Waals surface area contributed by atoms with Crippen LogP contribution in [0.1, 0.15) is 58.3 Å². The van der Waals surface area contributed by atoms with E-state index >= 15 is 0 Å². The van der Waals surface area contributed by atoms with Gasteiger partial charge in [-0.05, 0) is 54.4 Å². The van der Waals surface area contributed by atoms with Crippen LogP contribution in [0.2, 0.25) is 5.02 Å². The second-order valence-electron chi connectivity index (χ2n) is 8.68. The standard InChI is InChI=1S/C22H27ClN2O2S/c1-22(2,3)14-9-10-16-17(12-14)28-20(18(16)21(27)25(4)5)24-19(26)13-7-6-8-15(23)11-13/h6-8,11,14H,9-10,12H2,1-5H3,(H,24,26)/t14-/m0/s1. The zero-order chi connectivity index (χ0) is 20.6. The highest BCUT2D eigenvalue weighted by atomic mass is 35.5. The minimum absolute atomic E-state index is 0.0619. The van der Waals surface area contributed by atoms with Crippen LogP contribution < -0.4 is 5.32 Å². The van der Waals surface area contributed by atoms with E-state index in [1.807, 2.05) is 0 Å². The molecule has 0 fully saturated rings. The van der Waals surface area contributed by atoms with E-state index in [0.717, 1.165) is 24.8 Å². The molecule has 0 unspecified atom stereocenters. The van der Waals surface area contributed by atoms with E-state index in [4.69, 9.17) is 11.6 Å². The summed E-state index contributed by atoms with van der Waals surface area (Å²) in [5.74, 6) is 0.256. The lowest BCUT2D eigenvalue weighted by Gasteiger charge is -2.34. The van der Waals surface area contributed by atoms with Crippen molar-refractivity contribution in [3.63, 3.8) is 0 Å². The number of benzene rings is 1. The van der Waals surface area contributed by atoms with Crippen molar-refractivity contribution < 1.29 is 9.59 Å². The summed E-state index contributed by atoms with van der Waals surface area (Å²) >= 11 is 7.56. The number of hydrogen-bond acceptors (Lipinski definition) is 3. The molecule has 150 valence electrons. The van der Waals surface area contributed by atoms with Gasteiger partial charge in [0.2, 0.25) is 0 Å². The summed E-state index contributed by atoms with van der Waals surface area (Å²) in [6, 6.07) is 6.83. The van der Waals surface area contributed by atoms with Gasteiger partial charge in [-0.2, -0.15) is 0 Å². The molecule has 0 saturated heterocycles. The van der Waals surface area contributed by atoms with Crippen LogP contribution in [0.15, 0.2) is 24.3 Å². The van der Waals surface area contributed by atoms with Crippen molar-refractivity contribution in [1.82, 2.24) is 4.90 Å².